The third-order valence-corrected chi connectivity index (χ3v) is 4.53. The lowest BCUT2D eigenvalue weighted by atomic mass is 10.1. The van der Waals surface area contributed by atoms with Crippen LogP contribution in [0.2, 0.25) is 0 Å². The molecular formula is C19H19FN4O2. The number of pyridine rings is 1. The quantitative estimate of drug-likeness (QED) is 0.776. The smallest absolute Gasteiger partial charge is 0.259 e. The molecule has 4 rings (SSSR count). The van der Waals surface area contributed by atoms with E-state index in [-0.39, 0.29) is 11.9 Å². The van der Waals surface area contributed by atoms with Crippen LogP contribution in [0.4, 0.5) is 10.2 Å². The number of nitrogens with zero attached hydrogens (tertiary/aromatic N) is 4. The molecule has 0 amide bonds. The zero-order chi connectivity index (χ0) is 17.9. The van der Waals surface area contributed by atoms with Crippen molar-refractivity contribution < 1.29 is 14.0 Å². The van der Waals surface area contributed by atoms with Gasteiger partial charge in [0.15, 0.2) is 5.82 Å². The van der Waals surface area contributed by atoms with Crippen LogP contribution in [0.25, 0.3) is 11.5 Å². The second-order valence-electron chi connectivity index (χ2n) is 6.44. The molecule has 0 spiro atoms. The molecule has 3 heterocycles. The summed E-state index contributed by atoms with van der Waals surface area (Å²) in [6.07, 6.45) is 3.52. The zero-order valence-electron chi connectivity index (χ0n) is 14.2. The minimum atomic E-state index is -0.267. The molecule has 0 atom stereocenters. The van der Waals surface area contributed by atoms with Gasteiger partial charge < -0.3 is 14.5 Å². The highest BCUT2D eigenvalue weighted by Gasteiger charge is 2.18. The molecule has 7 heteroatoms. The Morgan fingerprint density at radius 1 is 1.12 bits per heavy atom. The Labute approximate surface area is 150 Å². The number of rotatable bonds is 4. The summed E-state index contributed by atoms with van der Waals surface area (Å²) in [7, 11) is 0. The van der Waals surface area contributed by atoms with Crippen LogP contribution in [-0.2, 0) is 6.42 Å². The number of hydrogen-bond acceptors (Lipinski definition) is 6. The molecule has 26 heavy (non-hydrogen) atoms. The van der Waals surface area contributed by atoms with Crippen LogP contribution in [0.3, 0.4) is 0 Å². The summed E-state index contributed by atoms with van der Waals surface area (Å²) in [4.78, 5) is 11.0. The van der Waals surface area contributed by atoms with E-state index >= 15 is 0 Å². The Morgan fingerprint density at radius 2 is 1.88 bits per heavy atom. The number of hydrogen-bond donors (Lipinski definition) is 1. The van der Waals surface area contributed by atoms with E-state index in [1.54, 1.807) is 18.3 Å². The molecular weight excluding hydrogens is 335 g/mol. The minimum Gasteiger partial charge on any atom is -0.393 e. The van der Waals surface area contributed by atoms with Gasteiger partial charge in [-0.15, -0.1) is 0 Å². The number of benzene rings is 1. The number of aliphatic hydroxyl groups is 1. The number of aromatic nitrogens is 3. The first-order chi connectivity index (χ1) is 12.7. The minimum absolute atomic E-state index is 0.205. The van der Waals surface area contributed by atoms with Gasteiger partial charge in [-0.3, -0.25) is 0 Å². The van der Waals surface area contributed by atoms with Crippen LogP contribution in [0, 0.1) is 5.82 Å². The first kappa shape index (κ1) is 16.7. The zero-order valence-corrected chi connectivity index (χ0v) is 14.2. The van der Waals surface area contributed by atoms with Crippen LogP contribution in [0.1, 0.15) is 24.2 Å². The summed E-state index contributed by atoms with van der Waals surface area (Å²) in [5, 5.41) is 13.6. The van der Waals surface area contributed by atoms with Gasteiger partial charge in [0.05, 0.1) is 11.7 Å². The van der Waals surface area contributed by atoms with Crippen molar-refractivity contribution in [1.82, 2.24) is 15.1 Å². The molecule has 1 N–H and O–H groups in total. The van der Waals surface area contributed by atoms with E-state index in [0.29, 0.717) is 18.1 Å². The fourth-order valence-corrected chi connectivity index (χ4v) is 3.02. The van der Waals surface area contributed by atoms with Crippen LogP contribution < -0.4 is 4.90 Å². The summed E-state index contributed by atoms with van der Waals surface area (Å²) in [6.45, 7) is 1.60. The molecule has 6 nitrogen and oxygen atoms in total. The molecule has 0 saturated carbocycles. The van der Waals surface area contributed by atoms with Crippen molar-refractivity contribution in [2.45, 2.75) is 25.4 Å². The molecule has 0 aliphatic carbocycles. The van der Waals surface area contributed by atoms with Crippen molar-refractivity contribution >= 4 is 5.82 Å². The first-order valence-electron chi connectivity index (χ1n) is 8.64. The van der Waals surface area contributed by atoms with Crippen molar-refractivity contribution in [3.05, 3.63) is 59.8 Å². The van der Waals surface area contributed by atoms with Crippen molar-refractivity contribution in [2.24, 2.45) is 0 Å². The van der Waals surface area contributed by atoms with E-state index in [0.717, 1.165) is 42.9 Å². The summed E-state index contributed by atoms with van der Waals surface area (Å²) in [6, 6.07) is 10.1. The molecule has 0 bridgehead atoms. The van der Waals surface area contributed by atoms with Crippen molar-refractivity contribution in [3.8, 4) is 11.5 Å². The molecule has 1 aliphatic heterocycles. The SMILES string of the molecule is OC1CCN(c2ccc(-c3nc(Cc4ccc(F)cc4)no3)cn2)CC1. The fourth-order valence-electron chi connectivity index (χ4n) is 3.02. The molecule has 0 unspecified atom stereocenters. The van der Waals surface area contributed by atoms with Gasteiger partial charge in [-0.2, -0.15) is 4.98 Å². The standard InChI is InChI=1S/C19H19FN4O2/c20-15-4-1-13(2-5-15)11-17-22-19(26-23-17)14-3-6-18(21-12-14)24-9-7-16(25)8-10-24/h1-6,12,16,25H,7-11H2. The summed E-state index contributed by atoms with van der Waals surface area (Å²) in [5.74, 6) is 1.57. The van der Waals surface area contributed by atoms with Crippen LogP contribution in [0.15, 0.2) is 47.1 Å². The van der Waals surface area contributed by atoms with Gasteiger partial charge in [-0.25, -0.2) is 9.37 Å². The summed E-state index contributed by atoms with van der Waals surface area (Å²) >= 11 is 0. The number of piperidine rings is 1. The Morgan fingerprint density at radius 3 is 2.58 bits per heavy atom. The van der Waals surface area contributed by atoms with Crippen LogP contribution >= 0.6 is 0 Å². The maximum Gasteiger partial charge on any atom is 0.259 e. The van der Waals surface area contributed by atoms with Gasteiger partial charge in [0.1, 0.15) is 11.6 Å². The predicted octanol–water partition coefficient (Wildman–Crippen LogP) is 2.82. The first-order valence-corrected chi connectivity index (χ1v) is 8.64. The Kier molecular flexibility index (Phi) is 4.62. The Balaban J connectivity index is 1.44. The van der Waals surface area contributed by atoms with E-state index in [1.165, 1.54) is 12.1 Å². The third-order valence-electron chi connectivity index (χ3n) is 4.53. The molecule has 0 radical (unpaired) electrons. The molecule has 3 aromatic rings. The topological polar surface area (TPSA) is 75.3 Å². The molecule has 134 valence electrons. The van der Waals surface area contributed by atoms with Crippen molar-refractivity contribution in [1.29, 1.82) is 0 Å². The lowest BCUT2D eigenvalue weighted by Crippen LogP contribution is -2.36. The van der Waals surface area contributed by atoms with Crippen molar-refractivity contribution in [2.75, 3.05) is 18.0 Å². The molecule has 1 saturated heterocycles. The lowest BCUT2D eigenvalue weighted by Gasteiger charge is -2.30. The highest BCUT2D eigenvalue weighted by Crippen LogP contribution is 2.22. The van der Waals surface area contributed by atoms with Gasteiger partial charge >= 0.3 is 0 Å². The van der Waals surface area contributed by atoms with Crippen LogP contribution in [0.5, 0.6) is 0 Å². The van der Waals surface area contributed by atoms with Crippen LogP contribution in [-0.4, -0.2) is 39.4 Å². The second kappa shape index (κ2) is 7.21. The van der Waals surface area contributed by atoms with Gasteiger partial charge in [-0.1, -0.05) is 17.3 Å². The largest absolute Gasteiger partial charge is 0.393 e. The normalized spacial score (nSPS) is 15.4. The highest BCUT2D eigenvalue weighted by molar-refractivity contribution is 5.54. The predicted molar refractivity (Wildman–Crippen MR) is 94.2 cm³/mol. The van der Waals surface area contributed by atoms with E-state index in [1.807, 2.05) is 12.1 Å². The number of aliphatic hydroxyl groups excluding tert-OH is 1. The molecule has 1 aliphatic rings. The summed E-state index contributed by atoms with van der Waals surface area (Å²) in [5.41, 5.74) is 1.67. The maximum atomic E-state index is 13.0. The lowest BCUT2D eigenvalue weighted by molar-refractivity contribution is 0.145. The van der Waals surface area contributed by atoms with Gasteiger partial charge in [-0.05, 0) is 42.7 Å². The average Bonchev–Trinajstić information content (AvgIpc) is 3.13. The van der Waals surface area contributed by atoms with E-state index in [2.05, 4.69) is 20.0 Å². The van der Waals surface area contributed by atoms with Gasteiger partial charge in [0.2, 0.25) is 0 Å². The van der Waals surface area contributed by atoms with Crippen molar-refractivity contribution in [3.63, 3.8) is 0 Å². The maximum absolute atomic E-state index is 13.0. The van der Waals surface area contributed by atoms with E-state index in [9.17, 15) is 9.50 Å². The Hall–Kier alpha value is -2.80. The second-order valence-corrected chi connectivity index (χ2v) is 6.44. The Bertz CT molecular complexity index is 856. The number of anilines is 1. The fraction of sp³-hybridized carbons (Fsp3) is 0.316. The molecule has 2 aromatic heterocycles. The molecule has 1 fully saturated rings. The van der Waals surface area contributed by atoms with Gasteiger partial charge in [0.25, 0.3) is 5.89 Å². The summed E-state index contributed by atoms with van der Waals surface area (Å²) < 4.78 is 18.3. The highest BCUT2D eigenvalue weighted by atomic mass is 19.1. The molecule has 1 aromatic carbocycles. The van der Waals surface area contributed by atoms with E-state index in [4.69, 9.17) is 4.52 Å². The average molecular weight is 354 g/mol. The third kappa shape index (κ3) is 3.72. The monoisotopic (exact) mass is 354 g/mol. The van der Waals surface area contributed by atoms with E-state index < -0.39 is 0 Å². The number of halogens is 1. The van der Waals surface area contributed by atoms with Gasteiger partial charge in [0, 0.05) is 25.7 Å².